The Bertz CT molecular complexity index is 170. The van der Waals surface area contributed by atoms with Gasteiger partial charge in [-0.05, 0) is 24.7 Å². The lowest BCUT2D eigenvalue weighted by molar-refractivity contribution is 0.284. The third-order valence-electron chi connectivity index (χ3n) is 3.17. The van der Waals surface area contributed by atoms with Crippen molar-refractivity contribution in [3.63, 3.8) is 0 Å². The van der Waals surface area contributed by atoms with E-state index in [9.17, 15) is 0 Å². The molecule has 1 fully saturated rings. The molecule has 1 rings (SSSR count). The van der Waals surface area contributed by atoms with Crippen molar-refractivity contribution in [1.82, 2.24) is 0 Å². The lowest BCUT2D eigenvalue weighted by atomic mass is 9.74. The van der Waals surface area contributed by atoms with Crippen LogP contribution in [0.25, 0.3) is 0 Å². The fourth-order valence-corrected chi connectivity index (χ4v) is 2.79. The number of hydrogen-bond acceptors (Lipinski definition) is 0. The average molecular weight is 245 g/mol. The molecule has 0 aromatic heterocycles. The zero-order valence-corrected chi connectivity index (χ0v) is 10.5. The highest BCUT2D eigenvalue weighted by molar-refractivity contribution is 9.09. The van der Waals surface area contributed by atoms with Gasteiger partial charge in [0.05, 0.1) is 0 Å². The zero-order valence-electron chi connectivity index (χ0n) is 8.91. The van der Waals surface area contributed by atoms with E-state index in [1.54, 1.807) is 5.57 Å². The highest BCUT2D eigenvalue weighted by atomic mass is 79.9. The van der Waals surface area contributed by atoms with E-state index in [0.717, 1.165) is 5.33 Å². The zero-order chi connectivity index (χ0) is 9.73. The maximum absolute atomic E-state index is 3.56. The second-order valence-corrected chi connectivity index (χ2v) is 5.07. The molecule has 13 heavy (non-hydrogen) atoms. The predicted octanol–water partition coefficient (Wildman–Crippen LogP) is 4.69. The highest BCUT2D eigenvalue weighted by Gasteiger charge is 2.24. The Morgan fingerprint density at radius 1 is 1.31 bits per heavy atom. The summed E-state index contributed by atoms with van der Waals surface area (Å²) in [5, 5.41) is 1.05. The van der Waals surface area contributed by atoms with Gasteiger partial charge in [-0.3, -0.25) is 0 Å². The minimum absolute atomic E-state index is 0.511. The lowest BCUT2D eigenvalue weighted by Crippen LogP contribution is -2.18. The molecular weight excluding hydrogens is 224 g/mol. The van der Waals surface area contributed by atoms with Crippen molar-refractivity contribution in [2.45, 2.75) is 52.4 Å². The van der Waals surface area contributed by atoms with Gasteiger partial charge in [-0.1, -0.05) is 60.7 Å². The fraction of sp³-hybridized carbons (Fsp3) is 0.833. The van der Waals surface area contributed by atoms with Crippen molar-refractivity contribution < 1.29 is 0 Å². The number of halogens is 1. The molecule has 1 saturated carbocycles. The van der Waals surface area contributed by atoms with E-state index in [1.807, 2.05) is 0 Å². The number of allylic oxidation sites excluding steroid dienone is 2. The number of hydrogen-bond donors (Lipinski definition) is 0. The van der Waals surface area contributed by atoms with Gasteiger partial charge in [0, 0.05) is 5.33 Å². The molecule has 1 aliphatic carbocycles. The van der Waals surface area contributed by atoms with Crippen LogP contribution in [-0.2, 0) is 0 Å². The number of alkyl halides is 1. The van der Waals surface area contributed by atoms with Crippen LogP contribution < -0.4 is 0 Å². The second kappa shape index (κ2) is 5.19. The average Bonchev–Trinajstić information content (AvgIpc) is 2.15. The molecule has 0 aromatic rings. The van der Waals surface area contributed by atoms with Gasteiger partial charge in [0.15, 0.2) is 0 Å². The molecular formula is C12H21Br. The SMILES string of the molecule is CC/C(=C/C1(C)CCCCC1)CBr. The van der Waals surface area contributed by atoms with Gasteiger partial charge < -0.3 is 0 Å². The molecule has 0 heterocycles. The molecule has 0 amide bonds. The first-order chi connectivity index (χ1) is 6.20. The molecule has 0 saturated heterocycles. The molecule has 0 atom stereocenters. The third-order valence-corrected chi connectivity index (χ3v) is 3.89. The lowest BCUT2D eigenvalue weighted by Gasteiger charge is -2.31. The van der Waals surface area contributed by atoms with Crippen LogP contribution in [0.4, 0.5) is 0 Å². The van der Waals surface area contributed by atoms with Crippen LogP contribution >= 0.6 is 15.9 Å². The van der Waals surface area contributed by atoms with Crippen molar-refractivity contribution in [1.29, 1.82) is 0 Å². The summed E-state index contributed by atoms with van der Waals surface area (Å²) in [5.41, 5.74) is 2.08. The molecule has 0 nitrogen and oxygen atoms in total. The van der Waals surface area contributed by atoms with E-state index >= 15 is 0 Å². The molecule has 0 aromatic carbocycles. The summed E-state index contributed by atoms with van der Waals surface area (Å²) >= 11 is 3.56. The fourth-order valence-electron chi connectivity index (χ4n) is 2.23. The Kier molecular flexibility index (Phi) is 4.51. The Labute approximate surface area is 90.9 Å². The van der Waals surface area contributed by atoms with E-state index in [2.05, 4.69) is 35.9 Å². The monoisotopic (exact) mass is 244 g/mol. The summed E-state index contributed by atoms with van der Waals surface area (Å²) in [6.07, 6.45) is 10.8. The standard InChI is InChI=1S/C12H21Br/c1-3-11(10-13)9-12(2)7-5-4-6-8-12/h9H,3-8,10H2,1-2H3/b11-9-. The molecule has 0 N–H and O–H groups in total. The topological polar surface area (TPSA) is 0 Å². The summed E-state index contributed by atoms with van der Waals surface area (Å²) in [6.45, 7) is 4.67. The summed E-state index contributed by atoms with van der Waals surface area (Å²) in [4.78, 5) is 0. The maximum atomic E-state index is 3.56. The third kappa shape index (κ3) is 3.46. The smallest absolute Gasteiger partial charge is 0.0241 e. The first-order valence-electron chi connectivity index (χ1n) is 5.47. The first kappa shape index (κ1) is 11.3. The maximum Gasteiger partial charge on any atom is 0.0241 e. The van der Waals surface area contributed by atoms with Crippen molar-refractivity contribution in [2.24, 2.45) is 5.41 Å². The van der Waals surface area contributed by atoms with E-state index < -0.39 is 0 Å². The van der Waals surface area contributed by atoms with Crippen LogP contribution in [0, 0.1) is 5.41 Å². The Hall–Kier alpha value is 0.220. The van der Waals surface area contributed by atoms with Crippen LogP contribution in [0.1, 0.15) is 52.4 Å². The van der Waals surface area contributed by atoms with Gasteiger partial charge >= 0.3 is 0 Å². The molecule has 1 heteroatoms. The molecule has 0 radical (unpaired) electrons. The summed E-state index contributed by atoms with van der Waals surface area (Å²) in [6, 6.07) is 0. The summed E-state index contributed by atoms with van der Waals surface area (Å²) in [7, 11) is 0. The first-order valence-corrected chi connectivity index (χ1v) is 6.59. The van der Waals surface area contributed by atoms with E-state index in [1.165, 1.54) is 38.5 Å². The van der Waals surface area contributed by atoms with Crippen LogP contribution in [0.2, 0.25) is 0 Å². The van der Waals surface area contributed by atoms with Crippen molar-refractivity contribution >= 4 is 15.9 Å². The van der Waals surface area contributed by atoms with Crippen LogP contribution in [0.15, 0.2) is 11.6 Å². The summed E-state index contributed by atoms with van der Waals surface area (Å²) < 4.78 is 0. The van der Waals surface area contributed by atoms with Gasteiger partial charge in [-0.15, -0.1) is 0 Å². The van der Waals surface area contributed by atoms with Gasteiger partial charge in [0.1, 0.15) is 0 Å². The molecule has 0 unspecified atom stereocenters. The van der Waals surface area contributed by atoms with Gasteiger partial charge in [-0.25, -0.2) is 0 Å². The van der Waals surface area contributed by atoms with Crippen LogP contribution in [0.5, 0.6) is 0 Å². The Morgan fingerprint density at radius 3 is 2.38 bits per heavy atom. The normalized spacial score (nSPS) is 23.2. The van der Waals surface area contributed by atoms with Gasteiger partial charge in [0.25, 0.3) is 0 Å². The van der Waals surface area contributed by atoms with E-state index in [-0.39, 0.29) is 0 Å². The Balaban J connectivity index is 2.61. The van der Waals surface area contributed by atoms with Gasteiger partial charge in [0.2, 0.25) is 0 Å². The molecule has 0 aliphatic heterocycles. The van der Waals surface area contributed by atoms with Crippen molar-refractivity contribution in [2.75, 3.05) is 5.33 Å². The van der Waals surface area contributed by atoms with Crippen LogP contribution in [0.3, 0.4) is 0 Å². The number of rotatable bonds is 3. The molecule has 0 bridgehead atoms. The molecule has 1 aliphatic rings. The summed E-state index contributed by atoms with van der Waals surface area (Å²) in [5.74, 6) is 0. The molecule has 0 spiro atoms. The minimum atomic E-state index is 0.511. The second-order valence-electron chi connectivity index (χ2n) is 4.50. The predicted molar refractivity (Wildman–Crippen MR) is 63.4 cm³/mol. The van der Waals surface area contributed by atoms with Crippen molar-refractivity contribution in [3.8, 4) is 0 Å². The van der Waals surface area contributed by atoms with E-state index in [0.29, 0.717) is 5.41 Å². The van der Waals surface area contributed by atoms with E-state index in [4.69, 9.17) is 0 Å². The molecule has 76 valence electrons. The quantitative estimate of drug-likeness (QED) is 0.500. The van der Waals surface area contributed by atoms with Crippen LogP contribution in [-0.4, -0.2) is 5.33 Å². The van der Waals surface area contributed by atoms with Gasteiger partial charge in [-0.2, -0.15) is 0 Å². The Morgan fingerprint density at radius 2 is 1.92 bits per heavy atom. The minimum Gasteiger partial charge on any atom is -0.0880 e. The van der Waals surface area contributed by atoms with Crippen molar-refractivity contribution in [3.05, 3.63) is 11.6 Å². The highest BCUT2D eigenvalue weighted by Crippen LogP contribution is 2.38. The largest absolute Gasteiger partial charge is 0.0880 e.